The molecule has 2 aromatic heterocycles. The number of fused-ring (bicyclic) bond motifs is 2. The quantitative estimate of drug-likeness (QED) is 0.448. The molecule has 1 N–H and O–H groups in total. The van der Waals surface area contributed by atoms with Crippen LogP contribution in [0.2, 0.25) is 0 Å². The van der Waals surface area contributed by atoms with E-state index in [0.717, 1.165) is 27.7 Å². The highest BCUT2D eigenvalue weighted by Crippen LogP contribution is 2.30. The standard InChI is InChI=1S/C25H22N4O3S/c1-17(30)18-6-8-22(9-7-18)33(31,32)29-13-11-23-20(16-29)10-12-26-25(23)28-21-14-19-4-2-3-5-24(19)27-15-21/h2-10,12,14-15H,11,13,16H2,1H3,(H,26,28). The second kappa shape index (κ2) is 8.38. The monoisotopic (exact) mass is 458 g/mol. The van der Waals surface area contributed by atoms with Crippen molar-refractivity contribution in [2.75, 3.05) is 11.9 Å². The van der Waals surface area contributed by atoms with Gasteiger partial charge in [-0.15, -0.1) is 0 Å². The molecule has 166 valence electrons. The Hall–Kier alpha value is -3.62. The number of pyridine rings is 2. The number of hydrogen-bond acceptors (Lipinski definition) is 6. The lowest BCUT2D eigenvalue weighted by atomic mass is 10.0. The van der Waals surface area contributed by atoms with Crippen LogP contribution in [-0.4, -0.2) is 35.0 Å². The Morgan fingerprint density at radius 1 is 1.03 bits per heavy atom. The summed E-state index contributed by atoms with van der Waals surface area (Å²) < 4.78 is 27.8. The maximum atomic E-state index is 13.2. The molecule has 2 aromatic carbocycles. The third-order valence-electron chi connectivity index (χ3n) is 5.86. The maximum absolute atomic E-state index is 13.2. The molecule has 0 radical (unpaired) electrons. The first-order valence-corrected chi connectivity index (χ1v) is 12.1. The number of ketones is 1. The van der Waals surface area contributed by atoms with Gasteiger partial charge in [-0.05, 0) is 49.2 Å². The summed E-state index contributed by atoms with van der Waals surface area (Å²) in [6, 6.07) is 17.9. The largest absolute Gasteiger partial charge is 0.339 e. The second-order valence-electron chi connectivity index (χ2n) is 8.01. The van der Waals surface area contributed by atoms with Gasteiger partial charge in [0, 0.05) is 35.8 Å². The molecule has 8 heteroatoms. The molecule has 0 atom stereocenters. The molecule has 0 bridgehead atoms. The molecular weight excluding hydrogens is 436 g/mol. The lowest BCUT2D eigenvalue weighted by molar-refractivity contribution is 0.101. The SMILES string of the molecule is CC(=O)c1ccc(S(=O)(=O)N2CCc3c(ccnc3Nc3cnc4ccccc4c3)C2)cc1. The number of para-hydroxylation sites is 1. The van der Waals surface area contributed by atoms with Crippen LogP contribution in [-0.2, 0) is 23.0 Å². The van der Waals surface area contributed by atoms with Crippen LogP contribution in [0.4, 0.5) is 11.5 Å². The average molecular weight is 459 g/mol. The minimum Gasteiger partial charge on any atom is -0.339 e. The molecule has 4 aromatic rings. The van der Waals surface area contributed by atoms with Gasteiger partial charge in [0.25, 0.3) is 0 Å². The van der Waals surface area contributed by atoms with E-state index in [-0.39, 0.29) is 17.2 Å². The molecule has 7 nitrogen and oxygen atoms in total. The van der Waals surface area contributed by atoms with Crippen molar-refractivity contribution in [2.24, 2.45) is 0 Å². The third-order valence-corrected chi connectivity index (χ3v) is 7.72. The first kappa shape index (κ1) is 21.2. The van der Waals surface area contributed by atoms with E-state index in [1.807, 2.05) is 36.4 Å². The number of Topliss-reactive ketones (excluding diaryl/α,β-unsaturated/α-hetero) is 1. The van der Waals surface area contributed by atoms with E-state index in [1.165, 1.54) is 23.4 Å². The molecule has 1 aliphatic rings. The maximum Gasteiger partial charge on any atom is 0.243 e. The number of aromatic nitrogens is 2. The lowest BCUT2D eigenvalue weighted by Gasteiger charge is -2.29. The summed E-state index contributed by atoms with van der Waals surface area (Å²) in [4.78, 5) is 20.7. The van der Waals surface area contributed by atoms with Gasteiger partial charge in [0.05, 0.1) is 22.3 Å². The number of nitrogens with zero attached hydrogens (tertiary/aromatic N) is 3. The van der Waals surface area contributed by atoms with E-state index in [2.05, 4.69) is 15.3 Å². The van der Waals surface area contributed by atoms with Gasteiger partial charge >= 0.3 is 0 Å². The summed E-state index contributed by atoms with van der Waals surface area (Å²) in [7, 11) is -3.67. The summed E-state index contributed by atoms with van der Waals surface area (Å²) in [5.74, 6) is 0.618. The second-order valence-corrected chi connectivity index (χ2v) is 9.95. The zero-order valence-electron chi connectivity index (χ0n) is 18.0. The van der Waals surface area contributed by atoms with Gasteiger partial charge in [0.2, 0.25) is 10.0 Å². The van der Waals surface area contributed by atoms with Crippen molar-refractivity contribution >= 4 is 38.2 Å². The van der Waals surface area contributed by atoms with Crippen LogP contribution in [0.25, 0.3) is 10.9 Å². The van der Waals surface area contributed by atoms with Gasteiger partial charge < -0.3 is 5.32 Å². The van der Waals surface area contributed by atoms with Crippen molar-refractivity contribution < 1.29 is 13.2 Å². The number of nitrogens with one attached hydrogen (secondary N) is 1. The van der Waals surface area contributed by atoms with E-state index < -0.39 is 10.0 Å². The first-order chi connectivity index (χ1) is 15.9. The fourth-order valence-corrected chi connectivity index (χ4v) is 5.48. The highest BCUT2D eigenvalue weighted by molar-refractivity contribution is 7.89. The molecule has 0 saturated heterocycles. The molecule has 0 fully saturated rings. The number of sulfonamides is 1. The first-order valence-electron chi connectivity index (χ1n) is 10.6. The van der Waals surface area contributed by atoms with Crippen LogP contribution >= 0.6 is 0 Å². The fourth-order valence-electron chi connectivity index (χ4n) is 4.06. The van der Waals surface area contributed by atoms with E-state index in [1.54, 1.807) is 24.5 Å². The van der Waals surface area contributed by atoms with Crippen molar-refractivity contribution in [3.05, 3.63) is 89.7 Å². The number of benzene rings is 2. The van der Waals surface area contributed by atoms with Gasteiger partial charge in [-0.3, -0.25) is 9.78 Å². The molecule has 0 amide bonds. The molecule has 5 rings (SSSR count). The number of carbonyl (C=O) groups is 1. The summed E-state index contributed by atoms with van der Waals surface area (Å²) in [5, 5.41) is 4.38. The van der Waals surface area contributed by atoms with Crippen molar-refractivity contribution in [3.63, 3.8) is 0 Å². The van der Waals surface area contributed by atoms with Crippen molar-refractivity contribution in [1.82, 2.24) is 14.3 Å². The molecule has 0 spiro atoms. The zero-order chi connectivity index (χ0) is 23.0. The number of hydrogen-bond donors (Lipinski definition) is 1. The topological polar surface area (TPSA) is 92.3 Å². The van der Waals surface area contributed by atoms with Crippen molar-refractivity contribution in [1.29, 1.82) is 0 Å². The Kier molecular flexibility index (Phi) is 5.39. The minimum atomic E-state index is -3.67. The molecule has 0 aliphatic carbocycles. The van der Waals surface area contributed by atoms with Crippen LogP contribution in [0.1, 0.15) is 28.4 Å². The zero-order valence-corrected chi connectivity index (χ0v) is 18.8. The fraction of sp³-hybridized carbons (Fsp3) is 0.160. The molecule has 1 aliphatic heterocycles. The predicted octanol–water partition coefficient (Wildman–Crippen LogP) is 4.32. The van der Waals surface area contributed by atoms with Crippen molar-refractivity contribution in [3.8, 4) is 0 Å². The Bertz CT molecular complexity index is 1470. The van der Waals surface area contributed by atoms with E-state index in [0.29, 0.717) is 24.3 Å². The van der Waals surface area contributed by atoms with Crippen LogP contribution in [0, 0.1) is 0 Å². The highest BCUT2D eigenvalue weighted by atomic mass is 32.2. The van der Waals surface area contributed by atoms with Gasteiger partial charge in [-0.1, -0.05) is 30.3 Å². The molecular formula is C25H22N4O3S. The Balaban J connectivity index is 1.39. The molecule has 3 heterocycles. The predicted molar refractivity (Wildman–Crippen MR) is 127 cm³/mol. The third kappa shape index (κ3) is 4.10. The Morgan fingerprint density at radius 3 is 2.61 bits per heavy atom. The smallest absolute Gasteiger partial charge is 0.243 e. The van der Waals surface area contributed by atoms with Crippen LogP contribution < -0.4 is 5.32 Å². The number of rotatable bonds is 5. The summed E-state index contributed by atoms with van der Waals surface area (Å²) >= 11 is 0. The van der Waals surface area contributed by atoms with Crippen LogP contribution in [0.3, 0.4) is 0 Å². The van der Waals surface area contributed by atoms with Gasteiger partial charge in [0.1, 0.15) is 5.82 Å². The molecule has 0 unspecified atom stereocenters. The van der Waals surface area contributed by atoms with Crippen molar-refractivity contribution in [2.45, 2.75) is 24.8 Å². The van der Waals surface area contributed by atoms with Gasteiger partial charge in [-0.2, -0.15) is 4.31 Å². The molecule has 0 saturated carbocycles. The normalized spacial score (nSPS) is 14.1. The Morgan fingerprint density at radius 2 is 1.82 bits per heavy atom. The average Bonchev–Trinajstić information content (AvgIpc) is 2.84. The van der Waals surface area contributed by atoms with E-state index in [4.69, 9.17) is 0 Å². The van der Waals surface area contributed by atoms with E-state index in [9.17, 15) is 13.2 Å². The molecule has 33 heavy (non-hydrogen) atoms. The summed E-state index contributed by atoms with van der Waals surface area (Å²) in [5.41, 5.74) is 4.15. The summed E-state index contributed by atoms with van der Waals surface area (Å²) in [6.45, 7) is 2.07. The highest BCUT2D eigenvalue weighted by Gasteiger charge is 2.29. The van der Waals surface area contributed by atoms with Crippen LogP contribution in [0.15, 0.2) is 78.0 Å². The summed E-state index contributed by atoms with van der Waals surface area (Å²) in [6.07, 6.45) is 4.00. The number of anilines is 2. The lowest BCUT2D eigenvalue weighted by Crippen LogP contribution is -2.36. The minimum absolute atomic E-state index is 0.0972. The van der Waals surface area contributed by atoms with Gasteiger partial charge in [0.15, 0.2) is 5.78 Å². The number of carbonyl (C=O) groups excluding carboxylic acids is 1. The van der Waals surface area contributed by atoms with Gasteiger partial charge in [-0.25, -0.2) is 13.4 Å². The van der Waals surface area contributed by atoms with Crippen LogP contribution in [0.5, 0.6) is 0 Å². The Labute approximate surface area is 192 Å². The van der Waals surface area contributed by atoms with E-state index >= 15 is 0 Å².